The first-order valence-electron chi connectivity index (χ1n) is 10.7. The number of amides is 2. The fraction of sp³-hybridized carbons (Fsp3) is 0.208. The number of aromatic nitrogens is 4. The smallest absolute Gasteiger partial charge is 0.269 e. The molecule has 0 spiro atoms. The molecule has 5 rings (SSSR count). The molecule has 1 saturated carbocycles. The summed E-state index contributed by atoms with van der Waals surface area (Å²) in [5.41, 5.74) is 14.2. The Labute approximate surface area is 193 Å². The number of aryl methyl sites for hydroxylation is 1. The molecule has 1 aliphatic carbocycles. The first-order valence-corrected chi connectivity index (χ1v) is 10.7. The number of primary amides is 1. The van der Waals surface area contributed by atoms with Crippen molar-refractivity contribution in [2.45, 2.75) is 26.7 Å². The second-order valence-corrected chi connectivity index (χ2v) is 8.82. The summed E-state index contributed by atoms with van der Waals surface area (Å²) in [6, 6.07) is 7.62. The predicted molar refractivity (Wildman–Crippen MR) is 126 cm³/mol. The van der Waals surface area contributed by atoms with Crippen LogP contribution in [0.5, 0.6) is 0 Å². The molecule has 2 amide bonds. The van der Waals surface area contributed by atoms with Gasteiger partial charge in [0.05, 0.1) is 28.8 Å². The number of nitrogen functional groups attached to an aromatic ring is 1. The van der Waals surface area contributed by atoms with Crippen LogP contribution in [-0.2, 0) is 4.79 Å². The minimum atomic E-state index is -0.855. The number of hydrogen-bond donors (Lipinski definition) is 4. The van der Waals surface area contributed by atoms with Crippen LogP contribution in [0.2, 0.25) is 0 Å². The standard InChI is InChI=1S/C24H22FN7O2/c1-11-3-5-16-14(10-28-32-16)17(11)19-18(26)20(21(27)33)31-22(30-19)13-9-12(25)4-6-15(13)29-23(34)24(2)7-8-24/h3-6,9-10H,7-8,26H2,1-2H3,(H2,27,33)(H,28,32)(H,29,34). The van der Waals surface area contributed by atoms with Crippen molar-refractivity contribution in [3.05, 3.63) is 53.6 Å². The van der Waals surface area contributed by atoms with Crippen LogP contribution in [0.15, 0.2) is 36.5 Å². The van der Waals surface area contributed by atoms with Crippen LogP contribution in [0.4, 0.5) is 15.8 Å². The normalized spacial score (nSPS) is 14.2. The number of carbonyl (C=O) groups excluding carboxylic acids is 2. The molecule has 1 fully saturated rings. The van der Waals surface area contributed by atoms with Crippen molar-refractivity contribution in [2.24, 2.45) is 11.1 Å². The van der Waals surface area contributed by atoms with Gasteiger partial charge in [-0.25, -0.2) is 14.4 Å². The maximum absolute atomic E-state index is 14.3. The first kappa shape index (κ1) is 21.5. The Morgan fingerprint density at radius 2 is 1.94 bits per heavy atom. The van der Waals surface area contributed by atoms with E-state index in [1.54, 1.807) is 6.20 Å². The fourth-order valence-electron chi connectivity index (χ4n) is 3.91. The van der Waals surface area contributed by atoms with Gasteiger partial charge in [-0.3, -0.25) is 14.7 Å². The van der Waals surface area contributed by atoms with Crippen molar-refractivity contribution >= 4 is 34.1 Å². The largest absolute Gasteiger partial charge is 0.395 e. The number of aromatic amines is 1. The molecule has 2 aromatic carbocycles. The van der Waals surface area contributed by atoms with Gasteiger partial charge in [0.25, 0.3) is 5.91 Å². The molecule has 1 aliphatic rings. The molecular formula is C24H22FN7O2. The van der Waals surface area contributed by atoms with Gasteiger partial charge in [-0.15, -0.1) is 0 Å². The third-order valence-electron chi connectivity index (χ3n) is 6.27. The lowest BCUT2D eigenvalue weighted by molar-refractivity contribution is -0.120. The molecule has 2 aromatic heterocycles. The van der Waals surface area contributed by atoms with Crippen molar-refractivity contribution in [2.75, 3.05) is 11.1 Å². The van der Waals surface area contributed by atoms with Gasteiger partial charge in [0.15, 0.2) is 11.5 Å². The first-order chi connectivity index (χ1) is 16.2. The summed E-state index contributed by atoms with van der Waals surface area (Å²) in [6.45, 7) is 3.74. The highest BCUT2D eigenvalue weighted by atomic mass is 19.1. The van der Waals surface area contributed by atoms with E-state index >= 15 is 0 Å². The Hall–Kier alpha value is -4.34. The molecule has 34 heavy (non-hydrogen) atoms. The average Bonchev–Trinajstić information content (AvgIpc) is 3.37. The second kappa shape index (κ2) is 7.62. The van der Waals surface area contributed by atoms with Crippen molar-refractivity contribution in [3.8, 4) is 22.6 Å². The van der Waals surface area contributed by atoms with Crippen LogP contribution in [-0.4, -0.2) is 32.0 Å². The number of rotatable bonds is 5. The quantitative estimate of drug-likeness (QED) is 0.358. The number of anilines is 2. The fourth-order valence-corrected chi connectivity index (χ4v) is 3.91. The van der Waals surface area contributed by atoms with E-state index in [0.717, 1.165) is 29.3 Å². The van der Waals surface area contributed by atoms with Gasteiger partial charge in [0.2, 0.25) is 5.91 Å². The van der Waals surface area contributed by atoms with Crippen LogP contribution >= 0.6 is 0 Å². The molecule has 0 saturated heterocycles. The third kappa shape index (κ3) is 3.53. The zero-order valence-corrected chi connectivity index (χ0v) is 18.6. The third-order valence-corrected chi connectivity index (χ3v) is 6.27. The maximum atomic E-state index is 14.3. The summed E-state index contributed by atoms with van der Waals surface area (Å²) in [7, 11) is 0. The van der Waals surface area contributed by atoms with Gasteiger partial charge in [-0.05, 0) is 49.6 Å². The average molecular weight is 459 g/mol. The van der Waals surface area contributed by atoms with Crippen molar-refractivity contribution in [3.63, 3.8) is 0 Å². The predicted octanol–water partition coefficient (Wildman–Crippen LogP) is 3.55. The van der Waals surface area contributed by atoms with Gasteiger partial charge in [-0.2, -0.15) is 5.10 Å². The number of carbonyl (C=O) groups is 2. The van der Waals surface area contributed by atoms with Crippen molar-refractivity contribution in [1.29, 1.82) is 0 Å². The summed E-state index contributed by atoms with van der Waals surface area (Å²) >= 11 is 0. The molecule has 6 N–H and O–H groups in total. The highest BCUT2D eigenvalue weighted by molar-refractivity contribution is 6.05. The minimum Gasteiger partial charge on any atom is -0.395 e. The van der Waals surface area contributed by atoms with E-state index in [-0.39, 0.29) is 34.4 Å². The molecule has 0 radical (unpaired) electrons. The molecule has 4 aromatic rings. The van der Waals surface area contributed by atoms with Crippen LogP contribution < -0.4 is 16.8 Å². The number of fused-ring (bicyclic) bond motifs is 1. The van der Waals surface area contributed by atoms with Crippen LogP contribution in [0.3, 0.4) is 0 Å². The zero-order valence-electron chi connectivity index (χ0n) is 18.6. The Morgan fingerprint density at radius 3 is 2.65 bits per heavy atom. The van der Waals surface area contributed by atoms with E-state index < -0.39 is 17.1 Å². The summed E-state index contributed by atoms with van der Waals surface area (Å²) in [5.74, 6) is -1.58. The molecule has 0 unspecified atom stereocenters. The number of hydrogen-bond acceptors (Lipinski definition) is 6. The van der Waals surface area contributed by atoms with Crippen LogP contribution in [0, 0.1) is 18.2 Å². The van der Waals surface area contributed by atoms with Gasteiger partial charge >= 0.3 is 0 Å². The molecule has 0 atom stereocenters. The number of H-pyrrole nitrogens is 1. The number of nitrogens with one attached hydrogen (secondary N) is 2. The van der Waals surface area contributed by atoms with Gasteiger partial charge < -0.3 is 16.8 Å². The number of nitrogens with two attached hydrogens (primary N) is 2. The summed E-state index contributed by atoms with van der Waals surface area (Å²) in [6.07, 6.45) is 3.18. The van der Waals surface area contributed by atoms with Crippen LogP contribution in [0.25, 0.3) is 33.5 Å². The van der Waals surface area contributed by atoms with Crippen molar-refractivity contribution in [1.82, 2.24) is 20.2 Å². The summed E-state index contributed by atoms with van der Waals surface area (Å²) in [4.78, 5) is 33.8. The van der Waals surface area contributed by atoms with E-state index in [0.29, 0.717) is 11.3 Å². The Balaban J connectivity index is 1.74. The van der Waals surface area contributed by atoms with Gasteiger partial charge in [0, 0.05) is 21.9 Å². The molecular weight excluding hydrogens is 437 g/mol. The molecule has 9 nitrogen and oxygen atoms in total. The molecule has 0 bridgehead atoms. The SMILES string of the molecule is Cc1ccc2[nH]ncc2c1-c1nc(-c2cc(F)ccc2NC(=O)C2(C)CC2)nc(C(N)=O)c1N. The Morgan fingerprint density at radius 1 is 1.18 bits per heavy atom. The lowest BCUT2D eigenvalue weighted by Crippen LogP contribution is -2.22. The highest BCUT2D eigenvalue weighted by Gasteiger charge is 2.45. The lowest BCUT2D eigenvalue weighted by Gasteiger charge is -2.16. The second-order valence-electron chi connectivity index (χ2n) is 8.82. The summed E-state index contributed by atoms with van der Waals surface area (Å²) in [5, 5.41) is 10.6. The lowest BCUT2D eigenvalue weighted by atomic mass is 9.99. The molecule has 0 aliphatic heterocycles. The minimum absolute atomic E-state index is 0.000491. The number of benzene rings is 2. The number of nitrogens with zero attached hydrogens (tertiary/aromatic N) is 3. The Kier molecular flexibility index (Phi) is 4.82. The molecule has 172 valence electrons. The summed E-state index contributed by atoms with van der Waals surface area (Å²) < 4.78 is 14.3. The monoisotopic (exact) mass is 459 g/mol. The van der Waals surface area contributed by atoms with E-state index in [1.807, 2.05) is 26.0 Å². The van der Waals surface area contributed by atoms with E-state index in [1.165, 1.54) is 18.2 Å². The van der Waals surface area contributed by atoms with E-state index in [2.05, 4.69) is 25.5 Å². The van der Waals surface area contributed by atoms with Crippen LogP contribution in [0.1, 0.15) is 35.8 Å². The maximum Gasteiger partial charge on any atom is 0.269 e. The van der Waals surface area contributed by atoms with E-state index in [4.69, 9.17) is 11.5 Å². The van der Waals surface area contributed by atoms with Gasteiger partial charge in [-0.1, -0.05) is 13.0 Å². The molecule has 10 heteroatoms. The van der Waals surface area contributed by atoms with Crippen molar-refractivity contribution < 1.29 is 14.0 Å². The zero-order chi connectivity index (χ0) is 24.2. The number of halogens is 1. The van der Waals surface area contributed by atoms with Gasteiger partial charge in [0.1, 0.15) is 5.82 Å². The highest BCUT2D eigenvalue weighted by Crippen LogP contribution is 2.46. The molecule has 2 heterocycles. The topological polar surface area (TPSA) is 153 Å². The van der Waals surface area contributed by atoms with E-state index in [9.17, 15) is 14.0 Å². The Bertz CT molecular complexity index is 1490.